The lowest BCUT2D eigenvalue weighted by molar-refractivity contribution is 0.123. The lowest BCUT2D eigenvalue weighted by atomic mass is 10.1. The van der Waals surface area contributed by atoms with Crippen LogP contribution < -0.4 is 0 Å². The number of hydrogen-bond acceptors (Lipinski definition) is 1. The third-order valence-electron chi connectivity index (χ3n) is 3.13. The quantitative estimate of drug-likeness (QED) is 0.716. The molecule has 0 spiro atoms. The van der Waals surface area contributed by atoms with E-state index in [4.69, 9.17) is 4.74 Å². The first-order valence-corrected chi connectivity index (χ1v) is 6.43. The number of aryl methyl sites for hydroxylation is 2. The van der Waals surface area contributed by atoms with Crippen LogP contribution >= 0.6 is 0 Å². The minimum absolute atomic E-state index is 0.702. The number of rotatable bonds is 5. The van der Waals surface area contributed by atoms with E-state index >= 15 is 0 Å². The maximum atomic E-state index is 5.73. The van der Waals surface area contributed by atoms with Gasteiger partial charge in [0.05, 0.1) is 13.2 Å². The first-order chi connectivity index (χ1) is 8.75. The topological polar surface area (TPSA) is 9.23 Å². The van der Waals surface area contributed by atoms with Crippen LogP contribution in [0.15, 0.2) is 48.5 Å². The Balaban J connectivity index is 1.78. The molecule has 0 bridgehead atoms. The van der Waals surface area contributed by atoms with Crippen LogP contribution in [0.2, 0.25) is 0 Å². The third-order valence-corrected chi connectivity index (χ3v) is 3.13. The standard InChI is InChI=1S/C17H20O/c1-14-6-5-8-16(12-14)13-18-11-10-17-9-4-3-7-15(17)2/h3-9,12H,10-11,13H2,1-2H3. The fraction of sp³-hybridized carbons (Fsp3) is 0.294. The third kappa shape index (κ3) is 3.71. The van der Waals surface area contributed by atoms with Crippen LogP contribution in [0.5, 0.6) is 0 Å². The molecule has 0 amide bonds. The molecule has 1 nitrogen and oxygen atoms in total. The molecule has 0 radical (unpaired) electrons. The van der Waals surface area contributed by atoms with Gasteiger partial charge in [-0.1, -0.05) is 54.1 Å². The SMILES string of the molecule is Cc1cccc(COCCc2ccccc2C)c1. The molecule has 0 aliphatic heterocycles. The van der Waals surface area contributed by atoms with Crippen molar-refractivity contribution < 1.29 is 4.74 Å². The van der Waals surface area contributed by atoms with Crippen molar-refractivity contribution in [1.29, 1.82) is 0 Å². The van der Waals surface area contributed by atoms with Gasteiger partial charge in [0.15, 0.2) is 0 Å². The van der Waals surface area contributed by atoms with E-state index in [1.165, 1.54) is 22.3 Å². The van der Waals surface area contributed by atoms with Crippen molar-refractivity contribution in [2.24, 2.45) is 0 Å². The van der Waals surface area contributed by atoms with Crippen molar-refractivity contribution in [2.75, 3.05) is 6.61 Å². The van der Waals surface area contributed by atoms with Crippen LogP contribution in [-0.2, 0) is 17.8 Å². The molecule has 0 fully saturated rings. The Bertz CT molecular complexity index is 502. The van der Waals surface area contributed by atoms with Gasteiger partial charge in [0.25, 0.3) is 0 Å². The van der Waals surface area contributed by atoms with E-state index in [0.29, 0.717) is 6.61 Å². The van der Waals surface area contributed by atoms with Gasteiger partial charge in [-0.05, 0) is 37.0 Å². The molecular weight excluding hydrogens is 220 g/mol. The fourth-order valence-corrected chi connectivity index (χ4v) is 2.06. The molecule has 0 aliphatic carbocycles. The Morgan fingerprint density at radius 1 is 0.944 bits per heavy atom. The first kappa shape index (κ1) is 12.8. The van der Waals surface area contributed by atoms with Gasteiger partial charge in [0.2, 0.25) is 0 Å². The lowest BCUT2D eigenvalue weighted by Crippen LogP contribution is -2.00. The smallest absolute Gasteiger partial charge is 0.0717 e. The molecule has 18 heavy (non-hydrogen) atoms. The summed E-state index contributed by atoms with van der Waals surface area (Å²) in [5.74, 6) is 0. The molecule has 0 aliphatic rings. The molecule has 0 atom stereocenters. The van der Waals surface area contributed by atoms with E-state index < -0.39 is 0 Å². The maximum Gasteiger partial charge on any atom is 0.0717 e. The maximum absolute atomic E-state index is 5.73. The molecule has 0 saturated heterocycles. The molecule has 0 N–H and O–H groups in total. The van der Waals surface area contributed by atoms with Crippen LogP contribution in [0.3, 0.4) is 0 Å². The second-order valence-corrected chi connectivity index (χ2v) is 4.72. The highest BCUT2D eigenvalue weighted by atomic mass is 16.5. The summed E-state index contributed by atoms with van der Waals surface area (Å²) in [5, 5.41) is 0. The van der Waals surface area contributed by atoms with Gasteiger partial charge in [-0.25, -0.2) is 0 Å². The van der Waals surface area contributed by atoms with E-state index in [9.17, 15) is 0 Å². The molecule has 1 heteroatoms. The summed E-state index contributed by atoms with van der Waals surface area (Å²) in [6.45, 7) is 5.74. The minimum atomic E-state index is 0.702. The van der Waals surface area contributed by atoms with E-state index in [-0.39, 0.29) is 0 Å². The lowest BCUT2D eigenvalue weighted by Gasteiger charge is -2.07. The highest BCUT2D eigenvalue weighted by Gasteiger charge is 1.98. The van der Waals surface area contributed by atoms with Gasteiger partial charge in [-0.3, -0.25) is 0 Å². The van der Waals surface area contributed by atoms with E-state index in [0.717, 1.165) is 13.0 Å². The van der Waals surface area contributed by atoms with Crippen LogP contribution in [0.25, 0.3) is 0 Å². The molecule has 94 valence electrons. The molecule has 0 heterocycles. The predicted molar refractivity (Wildman–Crippen MR) is 75.7 cm³/mol. The molecule has 2 aromatic carbocycles. The second kappa shape index (κ2) is 6.36. The predicted octanol–water partition coefficient (Wildman–Crippen LogP) is 4.06. The number of benzene rings is 2. The largest absolute Gasteiger partial charge is 0.376 e. The van der Waals surface area contributed by atoms with Crippen LogP contribution in [0, 0.1) is 13.8 Å². The summed E-state index contributed by atoms with van der Waals surface area (Å²) in [5.41, 5.74) is 5.26. The van der Waals surface area contributed by atoms with Crippen molar-refractivity contribution in [3.63, 3.8) is 0 Å². The summed E-state index contributed by atoms with van der Waals surface area (Å²) in [4.78, 5) is 0. The molecule has 2 rings (SSSR count). The van der Waals surface area contributed by atoms with Crippen LogP contribution in [-0.4, -0.2) is 6.61 Å². The van der Waals surface area contributed by atoms with E-state index in [2.05, 4.69) is 62.4 Å². The summed E-state index contributed by atoms with van der Waals surface area (Å²) in [6, 6.07) is 17.0. The Labute approximate surface area is 109 Å². The molecule has 2 aromatic rings. The summed E-state index contributed by atoms with van der Waals surface area (Å²) in [6.07, 6.45) is 0.985. The van der Waals surface area contributed by atoms with Gasteiger partial charge < -0.3 is 4.74 Å². The normalized spacial score (nSPS) is 10.6. The van der Waals surface area contributed by atoms with Gasteiger partial charge in [-0.15, -0.1) is 0 Å². The van der Waals surface area contributed by atoms with Crippen molar-refractivity contribution in [3.8, 4) is 0 Å². The average molecular weight is 240 g/mol. The van der Waals surface area contributed by atoms with Gasteiger partial charge >= 0.3 is 0 Å². The fourth-order valence-electron chi connectivity index (χ4n) is 2.06. The Hall–Kier alpha value is -1.60. The van der Waals surface area contributed by atoms with E-state index in [1.54, 1.807) is 0 Å². The summed E-state index contributed by atoms with van der Waals surface area (Å²) < 4.78 is 5.73. The monoisotopic (exact) mass is 240 g/mol. The molecule has 0 unspecified atom stereocenters. The number of hydrogen-bond donors (Lipinski definition) is 0. The zero-order chi connectivity index (χ0) is 12.8. The zero-order valence-electron chi connectivity index (χ0n) is 11.1. The first-order valence-electron chi connectivity index (χ1n) is 6.43. The Morgan fingerprint density at radius 2 is 1.78 bits per heavy atom. The van der Waals surface area contributed by atoms with Gasteiger partial charge in [0, 0.05) is 0 Å². The highest BCUT2D eigenvalue weighted by molar-refractivity contribution is 5.25. The van der Waals surface area contributed by atoms with Gasteiger partial charge in [-0.2, -0.15) is 0 Å². The Morgan fingerprint density at radius 3 is 2.56 bits per heavy atom. The van der Waals surface area contributed by atoms with Crippen molar-refractivity contribution in [2.45, 2.75) is 26.9 Å². The van der Waals surface area contributed by atoms with Crippen molar-refractivity contribution >= 4 is 0 Å². The average Bonchev–Trinajstić information content (AvgIpc) is 2.37. The molecule has 0 aromatic heterocycles. The summed E-state index contributed by atoms with van der Waals surface area (Å²) >= 11 is 0. The van der Waals surface area contributed by atoms with Crippen LogP contribution in [0.4, 0.5) is 0 Å². The molecule has 0 saturated carbocycles. The molecular formula is C17H20O. The van der Waals surface area contributed by atoms with Gasteiger partial charge in [0.1, 0.15) is 0 Å². The second-order valence-electron chi connectivity index (χ2n) is 4.72. The minimum Gasteiger partial charge on any atom is -0.376 e. The van der Waals surface area contributed by atoms with Crippen molar-refractivity contribution in [1.82, 2.24) is 0 Å². The number of ether oxygens (including phenoxy) is 1. The Kier molecular flexibility index (Phi) is 4.54. The summed E-state index contributed by atoms with van der Waals surface area (Å²) in [7, 11) is 0. The highest BCUT2D eigenvalue weighted by Crippen LogP contribution is 2.09. The van der Waals surface area contributed by atoms with Crippen LogP contribution in [0.1, 0.15) is 22.3 Å². The van der Waals surface area contributed by atoms with Crippen molar-refractivity contribution in [3.05, 3.63) is 70.8 Å². The van der Waals surface area contributed by atoms with E-state index in [1.807, 2.05) is 0 Å². The zero-order valence-corrected chi connectivity index (χ0v) is 11.1.